The summed E-state index contributed by atoms with van der Waals surface area (Å²) in [5.41, 5.74) is 0.106. The molecule has 6 atom stereocenters. The molecule has 9 heteroatoms. The summed E-state index contributed by atoms with van der Waals surface area (Å²) in [4.78, 5) is 44.5. The summed E-state index contributed by atoms with van der Waals surface area (Å²) in [5.74, 6) is -2.04. The molecule has 0 aromatic heterocycles. The molecule has 0 saturated carbocycles. The lowest BCUT2D eigenvalue weighted by Gasteiger charge is -2.37. The zero-order chi connectivity index (χ0) is 30.9. The number of carbonyl (C=O) groups excluding carboxylic acids is 3. The van der Waals surface area contributed by atoms with E-state index < -0.39 is 35.1 Å². The SMILES string of the molecule is CCOc1ccc(NC(=O)[C@H]2[C@H]3C(=O)N([C@H](CO)c4ccccc4)C(C(=O)NCc4ccccc4)C34CC[C@]2(CC)O4)cc1. The summed E-state index contributed by atoms with van der Waals surface area (Å²) < 4.78 is 12.4. The molecule has 0 radical (unpaired) electrons. The van der Waals surface area contributed by atoms with E-state index in [1.807, 2.05) is 74.5 Å². The fraction of sp³-hybridized carbons (Fsp3) is 0.400. The van der Waals surface area contributed by atoms with Crippen LogP contribution in [0.15, 0.2) is 84.9 Å². The molecule has 2 bridgehead atoms. The van der Waals surface area contributed by atoms with E-state index in [1.165, 1.54) is 4.90 Å². The van der Waals surface area contributed by atoms with Crippen molar-refractivity contribution in [2.45, 2.75) is 62.9 Å². The third-order valence-corrected chi connectivity index (χ3v) is 9.59. The Hall–Kier alpha value is -4.21. The summed E-state index contributed by atoms with van der Waals surface area (Å²) in [7, 11) is 0. The molecule has 9 nitrogen and oxygen atoms in total. The molecular weight excluding hydrogens is 558 g/mol. The normalized spacial score (nSPS) is 27.6. The molecule has 3 aliphatic rings. The highest BCUT2D eigenvalue weighted by Crippen LogP contribution is 2.65. The Balaban J connectivity index is 1.37. The number of anilines is 1. The molecule has 230 valence electrons. The summed E-state index contributed by atoms with van der Waals surface area (Å²) in [6, 6.07) is 24.1. The van der Waals surface area contributed by atoms with Gasteiger partial charge in [-0.1, -0.05) is 67.6 Å². The fourth-order valence-corrected chi connectivity index (χ4v) is 7.62. The van der Waals surface area contributed by atoms with E-state index in [4.69, 9.17) is 9.47 Å². The van der Waals surface area contributed by atoms with Crippen molar-refractivity contribution in [3.05, 3.63) is 96.1 Å². The van der Waals surface area contributed by atoms with E-state index in [2.05, 4.69) is 10.6 Å². The molecule has 3 aromatic carbocycles. The number of likely N-dealkylation sites (tertiary alicyclic amines) is 1. The Morgan fingerprint density at radius 1 is 0.977 bits per heavy atom. The molecule has 6 rings (SSSR count). The highest BCUT2D eigenvalue weighted by Gasteiger charge is 2.79. The van der Waals surface area contributed by atoms with Crippen molar-refractivity contribution < 1.29 is 29.0 Å². The minimum Gasteiger partial charge on any atom is -0.494 e. The molecule has 3 amide bonds. The van der Waals surface area contributed by atoms with Crippen LogP contribution in [-0.4, -0.2) is 58.2 Å². The third kappa shape index (κ3) is 4.94. The Morgan fingerprint density at radius 3 is 2.30 bits per heavy atom. The number of carbonyl (C=O) groups is 3. The molecule has 3 fully saturated rings. The van der Waals surface area contributed by atoms with Crippen LogP contribution >= 0.6 is 0 Å². The Bertz CT molecular complexity index is 1500. The summed E-state index contributed by atoms with van der Waals surface area (Å²) in [6.45, 7) is 4.29. The van der Waals surface area contributed by atoms with Crippen LogP contribution in [-0.2, 0) is 25.7 Å². The van der Waals surface area contributed by atoms with Crippen LogP contribution in [0.1, 0.15) is 50.3 Å². The average Bonchev–Trinajstić information content (AvgIpc) is 3.66. The van der Waals surface area contributed by atoms with Gasteiger partial charge in [-0.3, -0.25) is 14.4 Å². The quantitative estimate of drug-likeness (QED) is 0.305. The molecule has 3 N–H and O–H groups in total. The first-order valence-electron chi connectivity index (χ1n) is 15.4. The lowest BCUT2D eigenvalue weighted by molar-refractivity contribution is -0.150. The first kappa shape index (κ1) is 29.8. The first-order chi connectivity index (χ1) is 21.4. The summed E-state index contributed by atoms with van der Waals surface area (Å²) >= 11 is 0. The Morgan fingerprint density at radius 2 is 1.66 bits per heavy atom. The van der Waals surface area contributed by atoms with Gasteiger partial charge in [0.15, 0.2) is 0 Å². The van der Waals surface area contributed by atoms with Gasteiger partial charge in [-0.05, 0) is 61.6 Å². The predicted octanol–water partition coefficient (Wildman–Crippen LogP) is 4.23. The number of fused-ring (bicyclic) bond motifs is 1. The molecule has 1 spiro atoms. The number of ether oxygens (including phenoxy) is 2. The van der Waals surface area contributed by atoms with Crippen LogP contribution in [0.4, 0.5) is 5.69 Å². The maximum atomic E-state index is 14.6. The van der Waals surface area contributed by atoms with Crippen LogP contribution in [0.5, 0.6) is 5.75 Å². The van der Waals surface area contributed by atoms with Gasteiger partial charge in [0.05, 0.1) is 36.7 Å². The second-order valence-corrected chi connectivity index (χ2v) is 11.8. The minimum atomic E-state index is -1.21. The van der Waals surface area contributed by atoms with Crippen LogP contribution in [0.25, 0.3) is 0 Å². The van der Waals surface area contributed by atoms with Crippen LogP contribution in [0.3, 0.4) is 0 Å². The van der Waals surface area contributed by atoms with Crippen molar-refractivity contribution in [2.75, 3.05) is 18.5 Å². The maximum Gasteiger partial charge on any atom is 0.246 e. The van der Waals surface area contributed by atoms with Crippen molar-refractivity contribution in [1.82, 2.24) is 10.2 Å². The van der Waals surface area contributed by atoms with E-state index >= 15 is 0 Å². The van der Waals surface area contributed by atoms with Crippen molar-refractivity contribution in [1.29, 1.82) is 0 Å². The molecule has 3 heterocycles. The van der Waals surface area contributed by atoms with Crippen LogP contribution in [0, 0.1) is 11.8 Å². The third-order valence-electron chi connectivity index (χ3n) is 9.59. The van der Waals surface area contributed by atoms with Gasteiger partial charge in [-0.25, -0.2) is 0 Å². The van der Waals surface area contributed by atoms with Crippen LogP contribution < -0.4 is 15.4 Å². The lowest BCUT2D eigenvalue weighted by Crippen LogP contribution is -2.56. The smallest absolute Gasteiger partial charge is 0.246 e. The van der Waals surface area contributed by atoms with Crippen molar-refractivity contribution in [3.8, 4) is 5.75 Å². The van der Waals surface area contributed by atoms with E-state index in [0.717, 1.165) is 5.56 Å². The van der Waals surface area contributed by atoms with Gasteiger partial charge in [-0.15, -0.1) is 0 Å². The molecule has 2 unspecified atom stereocenters. The van der Waals surface area contributed by atoms with Gasteiger partial charge in [-0.2, -0.15) is 0 Å². The standard InChI is InChI=1S/C35H39N3O6/c1-3-34-19-20-35(44-34)29(28(34)31(40)37-25-15-17-26(18-16-25)43-4-2)33(42)38(27(22-39)24-13-9-6-10-14-24)30(35)32(41)36-21-23-11-7-5-8-12-23/h5-18,27-30,39H,3-4,19-22H2,1-2H3,(H,36,41)(H,37,40)/t27-,28-,29+,30?,34+,35?/m1/s1. The number of hydrogen-bond acceptors (Lipinski definition) is 6. The lowest BCUT2D eigenvalue weighted by atomic mass is 9.65. The number of nitrogens with zero attached hydrogens (tertiary/aromatic N) is 1. The monoisotopic (exact) mass is 597 g/mol. The zero-order valence-corrected chi connectivity index (χ0v) is 25.1. The van der Waals surface area contributed by atoms with E-state index in [0.29, 0.717) is 42.9 Å². The highest BCUT2D eigenvalue weighted by atomic mass is 16.5. The number of nitrogens with one attached hydrogen (secondary N) is 2. The second-order valence-electron chi connectivity index (χ2n) is 11.8. The Kier molecular flexibility index (Phi) is 8.18. The van der Waals surface area contributed by atoms with E-state index in [9.17, 15) is 19.5 Å². The molecule has 3 aromatic rings. The number of amides is 3. The van der Waals surface area contributed by atoms with E-state index in [-0.39, 0.29) is 30.9 Å². The fourth-order valence-electron chi connectivity index (χ4n) is 7.62. The summed E-state index contributed by atoms with van der Waals surface area (Å²) in [6.07, 6.45) is 1.51. The molecule has 44 heavy (non-hydrogen) atoms. The van der Waals surface area contributed by atoms with Gasteiger partial charge < -0.3 is 30.1 Å². The highest BCUT2D eigenvalue weighted by molar-refractivity contribution is 6.02. The number of aliphatic hydroxyl groups excluding tert-OH is 1. The van der Waals surface area contributed by atoms with Gasteiger partial charge in [0.2, 0.25) is 17.7 Å². The van der Waals surface area contributed by atoms with Crippen molar-refractivity contribution in [2.24, 2.45) is 11.8 Å². The molecular formula is C35H39N3O6. The Labute approximate surface area is 257 Å². The van der Waals surface area contributed by atoms with Crippen molar-refractivity contribution in [3.63, 3.8) is 0 Å². The van der Waals surface area contributed by atoms with Gasteiger partial charge in [0.25, 0.3) is 0 Å². The predicted molar refractivity (Wildman–Crippen MR) is 164 cm³/mol. The average molecular weight is 598 g/mol. The molecule has 3 saturated heterocycles. The number of aliphatic hydroxyl groups is 1. The first-order valence-corrected chi connectivity index (χ1v) is 15.4. The van der Waals surface area contributed by atoms with Crippen molar-refractivity contribution >= 4 is 23.4 Å². The number of rotatable bonds is 11. The van der Waals surface area contributed by atoms with Gasteiger partial charge in [0.1, 0.15) is 17.4 Å². The van der Waals surface area contributed by atoms with Gasteiger partial charge >= 0.3 is 0 Å². The maximum absolute atomic E-state index is 14.6. The molecule has 0 aliphatic carbocycles. The largest absolute Gasteiger partial charge is 0.494 e. The summed E-state index contributed by atoms with van der Waals surface area (Å²) in [5, 5.41) is 16.7. The van der Waals surface area contributed by atoms with E-state index in [1.54, 1.807) is 24.3 Å². The topological polar surface area (TPSA) is 117 Å². The van der Waals surface area contributed by atoms with Gasteiger partial charge in [0, 0.05) is 12.2 Å². The second kappa shape index (κ2) is 12.1. The minimum absolute atomic E-state index is 0.272. The number of hydrogen-bond donors (Lipinski definition) is 3. The number of benzene rings is 3. The zero-order valence-electron chi connectivity index (χ0n) is 25.1. The van der Waals surface area contributed by atoms with Crippen LogP contribution in [0.2, 0.25) is 0 Å². The molecule has 3 aliphatic heterocycles.